The van der Waals surface area contributed by atoms with Crippen molar-refractivity contribution in [2.75, 3.05) is 6.61 Å². The standard InChI is InChI=1S/C7H10O6S/c1-3-4-11-7(8)6-5(2)12-14(9,10)13-6/h3,5-6H,1,4H2,2H3. The van der Waals surface area contributed by atoms with Gasteiger partial charge in [-0.25, -0.2) is 13.2 Å². The van der Waals surface area contributed by atoms with Gasteiger partial charge in [0.05, 0.1) is 0 Å². The molecule has 14 heavy (non-hydrogen) atoms. The van der Waals surface area contributed by atoms with Gasteiger partial charge in [-0.3, -0.25) is 0 Å². The molecule has 0 amide bonds. The van der Waals surface area contributed by atoms with Crippen LogP contribution < -0.4 is 0 Å². The predicted octanol–water partition coefficient (Wildman–Crippen LogP) is -0.236. The maximum Gasteiger partial charge on any atom is 0.401 e. The Morgan fingerprint density at radius 2 is 2.21 bits per heavy atom. The molecule has 0 aromatic heterocycles. The van der Waals surface area contributed by atoms with E-state index in [0.717, 1.165) is 0 Å². The van der Waals surface area contributed by atoms with E-state index in [4.69, 9.17) is 0 Å². The maximum absolute atomic E-state index is 11.2. The molecule has 0 N–H and O–H groups in total. The van der Waals surface area contributed by atoms with Crippen molar-refractivity contribution in [2.24, 2.45) is 0 Å². The lowest BCUT2D eigenvalue weighted by Gasteiger charge is -2.08. The summed E-state index contributed by atoms with van der Waals surface area (Å²) in [4.78, 5) is 11.2. The molecule has 0 aromatic rings. The summed E-state index contributed by atoms with van der Waals surface area (Å²) in [5.41, 5.74) is 0. The summed E-state index contributed by atoms with van der Waals surface area (Å²) in [5.74, 6) is -0.779. The highest BCUT2D eigenvalue weighted by Gasteiger charge is 2.42. The van der Waals surface area contributed by atoms with Gasteiger partial charge in [0.15, 0.2) is 0 Å². The fraction of sp³-hybridized carbons (Fsp3) is 0.571. The van der Waals surface area contributed by atoms with Crippen LogP contribution in [0.25, 0.3) is 0 Å². The van der Waals surface area contributed by atoms with Crippen LogP contribution in [0.2, 0.25) is 0 Å². The second-order valence-electron chi connectivity index (χ2n) is 2.65. The zero-order valence-corrected chi connectivity index (χ0v) is 8.32. The van der Waals surface area contributed by atoms with E-state index in [9.17, 15) is 13.2 Å². The highest BCUT2D eigenvalue weighted by molar-refractivity contribution is 7.82. The molecule has 0 spiro atoms. The first-order chi connectivity index (χ1) is 6.46. The molecule has 1 heterocycles. The van der Waals surface area contributed by atoms with Crippen LogP contribution in [-0.4, -0.2) is 33.2 Å². The second kappa shape index (κ2) is 4.07. The van der Waals surface area contributed by atoms with Crippen LogP contribution in [0, 0.1) is 0 Å². The number of carbonyl (C=O) groups is 1. The molecule has 80 valence electrons. The normalized spacial score (nSPS) is 29.8. The molecule has 1 aliphatic heterocycles. The van der Waals surface area contributed by atoms with Gasteiger partial charge in [-0.05, 0) is 6.92 Å². The van der Waals surface area contributed by atoms with Crippen molar-refractivity contribution >= 4 is 16.4 Å². The fourth-order valence-electron chi connectivity index (χ4n) is 0.918. The van der Waals surface area contributed by atoms with Crippen LogP contribution in [0.4, 0.5) is 0 Å². The number of hydrogen-bond acceptors (Lipinski definition) is 6. The van der Waals surface area contributed by atoms with Gasteiger partial charge in [0.1, 0.15) is 12.7 Å². The summed E-state index contributed by atoms with van der Waals surface area (Å²) in [6.07, 6.45) is -0.718. The van der Waals surface area contributed by atoms with Crippen LogP contribution in [0.5, 0.6) is 0 Å². The maximum atomic E-state index is 11.2. The molecule has 1 rings (SSSR count). The molecule has 6 nitrogen and oxygen atoms in total. The lowest BCUT2D eigenvalue weighted by molar-refractivity contribution is -0.151. The smallest absolute Gasteiger partial charge is 0.401 e. The molecule has 0 radical (unpaired) electrons. The van der Waals surface area contributed by atoms with E-state index in [2.05, 4.69) is 19.7 Å². The number of ether oxygens (including phenoxy) is 1. The molecule has 1 saturated heterocycles. The van der Waals surface area contributed by atoms with E-state index in [1.165, 1.54) is 13.0 Å². The average Bonchev–Trinajstić information content (AvgIpc) is 2.35. The van der Waals surface area contributed by atoms with Gasteiger partial charge in [0.25, 0.3) is 0 Å². The molecule has 0 aliphatic carbocycles. The van der Waals surface area contributed by atoms with Crippen LogP contribution in [0.1, 0.15) is 6.92 Å². The highest BCUT2D eigenvalue weighted by Crippen LogP contribution is 2.20. The Morgan fingerprint density at radius 3 is 2.64 bits per heavy atom. The Labute approximate surface area is 81.8 Å². The Morgan fingerprint density at radius 1 is 1.57 bits per heavy atom. The van der Waals surface area contributed by atoms with Crippen LogP contribution in [0.3, 0.4) is 0 Å². The lowest BCUT2D eigenvalue weighted by Crippen LogP contribution is -2.31. The Balaban J connectivity index is 2.61. The van der Waals surface area contributed by atoms with Crippen molar-refractivity contribution in [3.05, 3.63) is 12.7 Å². The third-order valence-electron chi connectivity index (χ3n) is 1.49. The number of esters is 1. The number of carbonyl (C=O) groups excluding carboxylic acids is 1. The molecular formula is C7H10O6S. The molecule has 2 atom stereocenters. The molecule has 0 saturated carbocycles. The van der Waals surface area contributed by atoms with E-state index in [0.29, 0.717) is 0 Å². The SMILES string of the molecule is C=CCOC(=O)C1OS(=O)(=O)OC1C. The van der Waals surface area contributed by atoms with Gasteiger partial charge in [-0.2, -0.15) is 8.42 Å². The zero-order chi connectivity index (χ0) is 10.8. The van der Waals surface area contributed by atoms with Gasteiger partial charge in [0, 0.05) is 0 Å². The van der Waals surface area contributed by atoms with Gasteiger partial charge >= 0.3 is 16.4 Å². The zero-order valence-electron chi connectivity index (χ0n) is 7.50. The first-order valence-corrected chi connectivity index (χ1v) is 5.18. The number of rotatable bonds is 3. The first kappa shape index (κ1) is 11.2. The fourth-order valence-corrected chi connectivity index (χ4v) is 1.93. The molecule has 7 heteroatoms. The molecule has 2 unspecified atom stereocenters. The van der Waals surface area contributed by atoms with E-state index in [-0.39, 0.29) is 6.61 Å². The van der Waals surface area contributed by atoms with Gasteiger partial charge in [-0.15, -0.1) is 0 Å². The second-order valence-corrected chi connectivity index (χ2v) is 3.85. The van der Waals surface area contributed by atoms with Crippen molar-refractivity contribution in [1.29, 1.82) is 0 Å². The van der Waals surface area contributed by atoms with Crippen LogP contribution >= 0.6 is 0 Å². The predicted molar refractivity (Wildman–Crippen MR) is 45.5 cm³/mol. The highest BCUT2D eigenvalue weighted by atomic mass is 32.3. The van der Waals surface area contributed by atoms with Gasteiger partial charge < -0.3 is 4.74 Å². The summed E-state index contributed by atoms with van der Waals surface area (Å²) in [5, 5.41) is 0. The third kappa shape index (κ3) is 2.53. The first-order valence-electron chi connectivity index (χ1n) is 3.85. The third-order valence-corrected chi connectivity index (χ3v) is 2.48. The van der Waals surface area contributed by atoms with Crippen LogP contribution in [-0.2, 0) is 28.3 Å². The Kier molecular flexibility index (Phi) is 3.25. The summed E-state index contributed by atoms with van der Waals surface area (Å²) in [7, 11) is -4.04. The van der Waals surface area contributed by atoms with Crippen molar-refractivity contribution in [2.45, 2.75) is 19.1 Å². The Bertz CT molecular complexity index is 332. The molecule has 0 aromatic carbocycles. The monoisotopic (exact) mass is 222 g/mol. The summed E-state index contributed by atoms with van der Waals surface area (Å²) < 4.78 is 34.9. The van der Waals surface area contributed by atoms with Crippen molar-refractivity contribution in [1.82, 2.24) is 0 Å². The molecule has 1 aliphatic rings. The van der Waals surface area contributed by atoms with Gasteiger partial charge in [0.2, 0.25) is 6.10 Å². The largest absolute Gasteiger partial charge is 0.459 e. The number of hydrogen-bond donors (Lipinski definition) is 0. The van der Waals surface area contributed by atoms with E-state index in [1.54, 1.807) is 0 Å². The summed E-state index contributed by atoms with van der Waals surface area (Å²) in [6, 6.07) is 0. The Hall–Kier alpha value is -0.920. The van der Waals surface area contributed by atoms with Crippen molar-refractivity contribution < 1.29 is 26.3 Å². The lowest BCUT2D eigenvalue weighted by atomic mass is 10.2. The van der Waals surface area contributed by atoms with Crippen molar-refractivity contribution in [3.8, 4) is 0 Å². The van der Waals surface area contributed by atoms with E-state index < -0.39 is 28.6 Å². The quantitative estimate of drug-likeness (QED) is 0.484. The van der Waals surface area contributed by atoms with Crippen LogP contribution in [0.15, 0.2) is 12.7 Å². The molecule has 1 fully saturated rings. The minimum absolute atomic E-state index is 0.00542. The van der Waals surface area contributed by atoms with E-state index >= 15 is 0 Å². The topological polar surface area (TPSA) is 78.9 Å². The minimum atomic E-state index is -4.04. The minimum Gasteiger partial charge on any atom is -0.459 e. The van der Waals surface area contributed by atoms with E-state index in [1.807, 2.05) is 0 Å². The molecule has 0 bridgehead atoms. The van der Waals surface area contributed by atoms with Crippen molar-refractivity contribution in [3.63, 3.8) is 0 Å². The molecular weight excluding hydrogens is 212 g/mol. The average molecular weight is 222 g/mol. The van der Waals surface area contributed by atoms with Gasteiger partial charge in [-0.1, -0.05) is 12.7 Å². The summed E-state index contributed by atoms with van der Waals surface area (Å²) in [6.45, 7) is 4.75. The summed E-state index contributed by atoms with van der Waals surface area (Å²) >= 11 is 0.